The molecule has 0 aliphatic carbocycles. The van der Waals surface area contributed by atoms with E-state index in [0.717, 1.165) is 0 Å². The van der Waals surface area contributed by atoms with Crippen molar-refractivity contribution in [3.8, 4) is 5.75 Å². The Morgan fingerprint density at radius 2 is 1.83 bits per heavy atom. The van der Waals surface area contributed by atoms with Crippen LogP contribution in [0.25, 0.3) is 0 Å². The molecule has 0 bridgehead atoms. The lowest BCUT2D eigenvalue weighted by molar-refractivity contribution is 0.0189. The minimum Gasteiger partial charge on any atom is -0.461 e. The fourth-order valence-corrected chi connectivity index (χ4v) is 3.48. The third-order valence-electron chi connectivity index (χ3n) is 5.10. The molecular formula is C24H30N4O7. The first-order valence-corrected chi connectivity index (χ1v) is 11.3. The molecule has 1 aliphatic heterocycles. The monoisotopic (exact) mass is 486 g/mol. The van der Waals surface area contributed by atoms with Crippen molar-refractivity contribution in [1.82, 2.24) is 19.8 Å². The fourth-order valence-electron chi connectivity index (χ4n) is 3.48. The maximum absolute atomic E-state index is 13.2. The second-order valence-electron chi connectivity index (χ2n) is 8.92. The van der Waals surface area contributed by atoms with E-state index in [9.17, 15) is 19.2 Å². The van der Waals surface area contributed by atoms with Gasteiger partial charge in [-0.3, -0.25) is 9.36 Å². The van der Waals surface area contributed by atoms with Crippen LogP contribution in [0.2, 0.25) is 0 Å². The van der Waals surface area contributed by atoms with Gasteiger partial charge in [-0.2, -0.15) is 0 Å². The van der Waals surface area contributed by atoms with E-state index in [4.69, 9.17) is 14.2 Å². The third kappa shape index (κ3) is 6.24. The number of ether oxygens (including phenoxy) is 3. The Kier molecular flexibility index (Phi) is 7.90. The van der Waals surface area contributed by atoms with Gasteiger partial charge in [-0.25, -0.2) is 19.4 Å². The Morgan fingerprint density at radius 1 is 1.14 bits per heavy atom. The molecule has 1 atom stereocenters. The first kappa shape index (κ1) is 25.9. The summed E-state index contributed by atoms with van der Waals surface area (Å²) >= 11 is 0. The van der Waals surface area contributed by atoms with Crippen molar-refractivity contribution in [1.29, 1.82) is 0 Å². The number of nitrogens with one attached hydrogen (secondary N) is 1. The van der Waals surface area contributed by atoms with Gasteiger partial charge < -0.3 is 24.4 Å². The topological polar surface area (TPSA) is 129 Å². The Balaban J connectivity index is 1.97. The number of piperazine rings is 1. The standard InChI is InChI=1S/C24H30N4O7/c1-6-33-22(31)17-18(34-21(30)15-10-8-7-9-11-15)20(29)27(5)19(26-17)16-14-28(13-12-25-16)23(32)35-24(2,3)4/h7-11,16,25H,6,12-14H2,1-5H3. The average molecular weight is 487 g/mol. The molecule has 1 unspecified atom stereocenters. The molecule has 1 aromatic carbocycles. The summed E-state index contributed by atoms with van der Waals surface area (Å²) in [6.07, 6.45) is -0.493. The summed E-state index contributed by atoms with van der Waals surface area (Å²) < 4.78 is 17.0. The van der Waals surface area contributed by atoms with Crippen LogP contribution in [0.1, 0.15) is 60.4 Å². The van der Waals surface area contributed by atoms with Crippen molar-refractivity contribution in [3.63, 3.8) is 0 Å². The molecule has 1 aliphatic rings. The second kappa shape index (κ2) is 10.7. The highest BCUT2D eigenvalue weighted by Crippen LogP contribution is 2.21. The number of rotatable bonds is 5. The predicted molar refractivity (Wildman–Crippen MR) is 125 cm³/mol. The van der Waals surface area contributed by atoms with Crippen LogP contribution in [0.3, 0.4) is 0 Å². The van der Waals surface area contributed by atoms with E-state index >= 15 is 0 Å². The van der Waals surface area contributed by atoms with Crippen LogP contribution in [-0.2, 0) is 16.5 Å². The summed E-state index contributed by atoms with van der Waals surface area (Å²) in [6.45, 7) is 7.93. The van der Waals surface area contributed by atoms with E-state index in [2.05, 4.69) is 10.3 Å². The van der Waals surface area contributed by atoms with Crippen LogP contribution in [0, 0.1) is 0 Å². The summed E-state index contributed by atoms with van der Waals surface area (Å²) in [7, 11) is 1.45. The number of aromatic nitrogens is 2. The van der Waals surface area contributed by atoms with Crippen LogP contribution in [0.15, 0.2) is 35.1 Å². The summed E-state index contributed by atoms with van der Waals surface area (Å²) in [4.78, 5) is 57.0. The smallest absolute Gasteiger partial charge is 0.410 e. The summed E-state index contributed by atoms with van der Waals surface area (Å²) in [5.74, 6) is -2.05. The van der Waals surface area contributed by atoms with Gasteiger partial charge >= 0.3 is 18.0 Å². The zero-order valence-corrected chi connectivity index (χ0v) is 20.5. The molecule has 1 aromatic heterocycles. The number of hydrogen-bond acceptors (Lipinski definition) is 9. The van der Waals surface area contributed by atoms with Crippen molar-refractivity contribution in [2.75, 3.05) is 26.2 Å². The van der Waals surface area contributed by atoms with E-state index in [-0.39, 0.29) is 24.5 Å². The predicted octanol–water partition coefficient (Wildman–Crippen LogP) is 2.06. The van der Waals surface area contributed by atoms with Gasteiger partial charge in [0.15, 0.2) is 5.69 Å². The number of carbonyl (C=O) groups excluding carboxylic acids is 3. The van der Waals surface area contributed by atoms with E-state index in [0.29, 0.717) is 13.1 Å². The lowest BCUT2D eigenvalue weighted by Gasteiger charge is -2.35. The van der Waals surface area contributed by atoms with E-state index in [1.807, 2.05) is 0 Å². The molecule has 11 heteroatoms. The van der Waals surface area contributed by atoms with Gasteiger partial charge in [-0.1, -0.05) is 18.2 Å². The van der Waals surface area contributed by atoms with Gasteiger partial charge in [0, 0.05) is 26.7 Å². The Morgan fingerprint density at radius 3 is 2.46 bits per heavy atom. The van der Waals surface area contributed by atoms with Gasteiger partial charge in [0.05, 0.1) is 18.2 Å². The molecule has 3 rings (SSSR count). The lowest BCUT2D eigenvalue weighted by Crippen LogP contribution is -2.51. The van der Waals surface area contributed by atoms with Crippen molar-refractivity contribution in [2.45, 2.75) is 39.3 Å². The molecule has 188 valence electrons. The number of nitrogens with zero attached hydrogens (tertiary/aromatic N) is 3. The van der Waals surface area contributed by atoms with Crippen LogP contribution < -0.4 is 15.6 Å². The molecule has 2 heterocycles. The highest BCUT2D eigenvalue weighted by atomic mass is 16.6. The molecular weight excluding hydrogens is 456 g/mol. The highest BCUT2D eigenvalue weighted by molar-refractivity contribution is 5.94. The molecule has 1 saturated heterocycles. The molecule has 2 aromatic rings. The number of hydrogen-bond donors (Lipinski definition) is 1. The number of benzene rings is 1. The van der Waals surface area contributed by atoms with Crippen LogP contribution in [-0.4, -0.2) is 64.3 Å². The maximum atomic E-state index is 13.2. The third-order valence-corrected chi connectivity index (χ3v) is 5.10. The lowest BCUT2D eigenvalue weighted by atomic mass is 10.1. The molecule has 0 radical (unpaired) electrons. The molecule has 0 spiro atoms. The van der Waals surface area contributed by atoms with Crippen LogP contribution in [0.5, 0.6) is 5.75 Å². The molecule has 11 nitrogen and oxygen atoms in total. The zero-order valence-electron chi connectivity index (χ0n) is 20.5. The minimum atomic E-state index is -0.901. The molecule has 0 saturated carbocycles. The quantitative estimate of drug-likeness (QED) is 0.631. The molecule has 1 amide bonds. The largest absolute Gasteiger partial charge is 0.461 e. The van der Waals surface area contributed by atoms with Gasteiger partial charge in [0.25, 0.3) is 5.56 Å². The minimum absolute atomic E-state index is 0.0330. The van der Waals surface area contributed by atoms with Gasteiger partial charge in [-0.15, -0.1) is 0 Å². The summed E-state index contributed by atoms with van der Waals surface area (Å²) in [5.41, 5.74) is -1.61. The Hall–Kier alpha value is -3.73. The normalized spacial score (nSPS) is 15.9. The number of amides is 1. The zero-order chi connectivity index (χ0) is 25.8. The fraction of sp³-hybridized carbons (Fsp3) is 0.458. The van der Waals surface area contributed by atoms with Crippen molar-refractivity contribution >= 4 is 18.0 Å². The number of esters is 2. The molecule has 1 fully saturated rings. The SMILES string of the molecule is CCOC(=O)c1nc(C2CN(C(=O)OC(C)(C)C)CCN2)n(C)c(=O)c1OC(=O)c1ccccc1. The van der Waals surface area contributed by atoms with Gasteiger partial charge in [0.1, 0.15) is 11.4 Å². The molecule has 35 heavy (non-hydrogen) atoms. The van der Waals surface area contributed by atoms with Crippen LogP contribution in [0.4, 0.5) is 4.79 Å². The Labute approximate surface area is 203 Å². The van der Waals surface area contributed by atoms with Crippen LogP contribution >= 0.6 is 0 Å². The molecule has 1 N–H and O–H groups in total. The van der Waals surface area contributed by atoms with Crippen molar-refractivity contribution < 1.29 is 28.6 Å². The highest BCUT2D eigenvalue weighted by Gasteiger charge is 2.33. The summed E-state index contributed by atoms with van der Waals surface area (Å²) in [6, 6.07) is 7.49. The van der Waals surface area contributed by atoms with E-state index in [1.54, 1.807) is 45.9 Å². The number of carbonyl (C=O) groups is 3. The van der Waals surface area contributed by atoms with Gasteiger partial charge in [0.2, 0.25) is 5.75 Å². The second-order valence-corrected chi connectivity index (χ2v) is 8.92. The van der Waals surface area contributed by atoms with E-state index in [1.165, 1.54) is 28.6 Å². The summed E-state index contributed by atoms with van der Waals surface area (Å²) in [5, 5.41) is 3.20. The van der Waals surface area contributed by atoms with Gasteiger partial charge in [-0.05, 0) is 39.8 Å². The first-order valence-electron chi connectivity index (χ1n) is 11.3. The maximum Gasteiger partial charge on any atom is 0.410 e. The van der Waals surface area contributed by atoms with Crippen molar-refractivity contribution in [3.05, 3.63) is 57.8 Å². The first-order chi connectivity index (χ1) is 16.5. The van der Waals surface area contributed by atoms with E-state index < -0.39 is 46.7 Å². The average Bonchev–Trinajstić information content (AvgIpc) is 2.82. The Bertz CT molecular complexity index is 1150. The van der Waals surface area contributed by atoms with Crippen molar-refractivity contribution in [2.24, 2.45) is 7.05 Å².